The number of rotatable bonds is 7. The van der Waals surface area contributed by atoms with E-state index >= 15 is 0 Å². The van der Waals surface area contributed by atoms with Crippen molar-refractivity contribution in [1.82, 2.24) is 14.5 Å². The smallest absolute Gasteiger partial charge is 0.261 e. The number of carbonyl (C=O) groups excluding carboxylic acids is 1. The van der Waals surface area contributed by atoms with E-state index in [1.54, 1.807) is 12.3 Å². The third kappa shape index (κ3) is 4.83. The minimum atomic E-state index is -0.984. The fourth-order valence-electron chi connectivity index (χ4n) is 4.21. The highest BCUT2D eigenvalue weighted by Gasteiger charge is 2.14. The Bertz CT molecular complexity index is 1660. The van der Waals surface area contributed by atoms with Crippen molar-refractivity contribution < 1.29 is 13.6 Å². The number of nitrogens with zero attached hydrogens (tertiary/aromatic N) is 2. The normalized spacial score (nSPS) is 11.2. The lowest BCUT2D eigenvalue weighted by molar-refractivity contribution is 0.0981. The van der Waals surface area contributed by atoms with Gasteiger partial charge in [-0.05, 0) is 53.4 Å². The molecule has 3 heterocycles. The molecule has 0 saturated heterocycles. The van der Waals surface area contributed by atoms with Gasteiger partial charge in [0, 0.05) is 36.0 Å². The second kappa shape index (κ2) is 9.87. The Morgan fingerprint density at radius 1 is 1.00 bits per heavy atom. The van der Waals surface area contributed by atoms with Crippen molar-refractivity contribution in [3.63, 3.8) is 0 Å². The van der Waals surface area contributed by atoms with Crippen molar-refractivity contribution in [2.24, 2.45) is 0 Å². The Morgan fingerprint density at radius 3 is 2.69 bits per heavy atom. The minimum Gasteiger partial charge on any atom is -0.346 e. The van der Waals surface area contributed by atoms with Crippen LogP contribution in [-0.4, -0.2) is 20.3 Å². The number of nitrogens with one attached hydrogen (secondary N) is 1. The Labute approximate surface area is 210 Å². The molecule has 5 rings (SSSR count). The van der Waals surface area contributed by atoms with Gasteiger partial charge in [0.1, 0.15) is 5.65 Å². The molecule has 3 aromatic heterocycles. The summed E-state index contributed by atoms with van der Waals surface area (Å²) in [5.74, 6) is -2.22. The number of halogens is 3. The van der Waals surface area contributed by atoms with Crippen LogP contribution in [0.3, 0.4) is 0 Å². The highest BCUT2D eigenvalue weighted by Crippen LogP contribution is 2.30. The average Bonchev–Trinajstić information content (AvgIpc) is 3.29. The van der Waals surface area contributed by atoms with E-state index in [0.717, 1.165) is 39.9 Å². The quantitative estimate of drug-likeness (QED) is 0.269. The first kappa shape index (κ1) is 23.6. The zero-order valence-electron chi connectivity index (χ0n) is 19.0. The summed E-state index contributed by atoms with van der Waals surface area (Å²) in [4.78, 5) is 33.2. The largest absolute Gasteiger partial charge is 0.346 e. The molecular formula is C28H20ClF2N3O2. The third-order valence-corrected chi connectivity index (χ3v) is 6.24. The molecule has 36 heavy (non-hydrogen) atoms. The predicted octanol–water partition coefficient (Wildman–Crippen LogP) is 6.19. The monoisotopic (exact) mass is 503 g/mol. The topological polar surface area (TPSA) is 67.8 Å². The number of hydrogen-bond acceptors (Lipinski definition) is 3. The maximum atomic E-state index is 13.5. The lowest BCUT2D eigenvalue weighted by Gasteiger charge is -2.09. The van der Waals surface area contributed by atoms with Crippen LogP contribution >= 0.6 is 11.6 Å². The van der Waals surface area contributed by atoms with Gasteiger partial charge >= 0.3 is 0 Å². The molecule has 8 heteroatoms. The molecule has 5 aromatic rings. The van der Waals surface area contributed by atoms with Crippen LogP contribution in [-0.2, 0) is 13.0 Å². The first-order chi connectivity index (χ1) is 17.4. The number of carbonyl (C=O) groups is 1. The number of Topliss-reactive ketones (excluding diaryl/α,β-unsaturated/α-hetero) is 1. The van der Waals surface area contributed by atoms with Crippen molar-refractivity contribution in [2.75, 3.05) is 0 Å². The van der Waals surface area contributed by atoms with Gasteiger partial charge in [-0.1, -0.05) is 41.9 Å². The number of aryl methyl sites for hydroxylation is 1. The van der Waals surface area contributed by atoms with Crippen LogP contribution in [0.4, 0.5) is 8.78 Å². The highest BCUT2D eigenvalue weighted by atomic mass is 35.5. The Morgan fingerprint density at radius 2 is 1.86 bits per heavy atom. The second-order valence-electron chi connectivity index (χ2n) is 8.48. The molecule has 0 amide bonds. The summed E-state index contributed by atoms with van der Waals surface area (Å²) in [7, 11) is 0. The number of aromatic amines is 1. The van der Waals surface area contributed by atoms with Gasteiger partial charge in [-0.3, -0.25) is 9.59 Å². The van der Waals surface area contributed by atoms with Crippen molar-refractivity contribution in [3.05, 3.63) is 123 Å². The summed E-state index contributed by atoms with van der Waals surface area (Å²) >= 11 is 6.12. The molecule has 0 spiro atoms. The number of benzene rings is 2. The van der Waals surface area contributed by atoms with E-state index < -0.39 is 17.2 Å². The van der Waals surface area contributed by atoms with Gasteiger partial charge < -0.3 is 9.55 Å². The van der Waals surface area contributed by atoms with Crippen LogP contribution in [0.25, 0.3) is 22.2 Å². The van der Waals surface area contributed by atoms with E-state index in [4.69, 9.17) is 11.6 Å². The van der Waals surface area contributed by atoms with Gasteiger partial charge in [-0.25, -0.2) is 13.8 Å². The molecule has 0 atom stereocenters. The number of aromatic nitrogens is 3. The summed E-state index contributed by atoms with van der Waals surface area (Å²) in [6.45, 7) is 0.0304. The van der Waals surface area contributed by atoms with Crippen LogP contribution in [0.5, 0.6) is 0 Å². The molecule has 1 N–H and O–H groups in total. The number of fused-ring (bicyclic) bond motifs is 1. The summed E-state index contributed by atoms with van der Waals surface area (Å²) in [5, 5.41) is 1.45. The fraction of sp³-hybridized carbons (Fsp3) is 0.107. The molecule has 0 aliphatic carbocycles. The molecule has 0 unspecified atom stereocenters. The first-order valence-electron chi connectivity index (χ1n) is 11.3. The summed E-state index contributed by atoms with van der Waals surface area (Å²) < 4.78 is 28.1. The standard InChI is InChI=1S/C28H20ClF2N3O2/c29-20-13-22-23(15-33-27(22)32-14-20)19-4-1-3-17(11-19)7-9-26(35)21-5-2-10-34(28(21)36)16-18-6-8-24(30)25(31)12-18/h1-6,8,10-15H,7,9,16H2,(H,32,33). The maximum absolute atomic E-state index is 13.5. The first-order valence-corrected chi connectivity index (χ1v) is 11.7. The summed E-state index contributed by atoms with van der Waals surface area (Å²) in [5.41, 5.74) is 3.62. The Hall–Kier alpha value is -4.10. The van der Waals surface area contributed by atoms with Gasteiger partial charge in [0.25, 0.3) is 5.56 Å². The summed E-state index contributed by atoms with van der Waals surface area (Å²) in [6, 6.07) is 16.2. The van der Waals surface area contributed by atoms with E-state index in [1.165, 1.54) is 22.9 Å². The minimum absolute atomic E-state index is 0.0304. The van der Waals surface area contributed by atoms with Crippen LogP contribution in [0.1, 0.15) is 27.9 Å². The van der Waals surface area contributed by atoms with Crippen LogP contribution in [0.2, 0.25) is 5.02 Å². The molecule has 0 aliphatic rings. The molecular weight excluding hydrogens is 484 g/mol. The zero-order chi connectivity index (χ0) is 25.2. The molecule has 0 saturated carbocycles. The van der Waals surface area contributed by atoms with E-state index in [2.05, 4.69) is 9.97 Å². The van der Waals surface area contributed by atoms with E-state index in [-0.39, 0.29) is 24.3 Å². The van der Waals surface area contributed by atoms with Crippen molar-refractivity contribution in [2.45, 2.75) is 19.4 Å². The summed E-state index contributed by atoms with van der Waals surface area (Å²) in [6.07, 6.45) is 5.58. The second-order valence-corrected chi connectivity index (χ2v) is 8.92. The number of pyridine rings is 2. The molecule has 0 aliphatic heterocycles. The van der Waals surface area contributed by atoms with Gasteiger partial charge in [0.15, 0.2) is 17.4 Å². The maximum Gasteiger partial charge on any atom is 0.261 e. The Kier molecular flexibility index (Phi) is 6.48. The lowest BCUT2D eigenvalue weighted by atomic mass is 9.99. The van der Waals surface area contributed by atoms with Crippen molar-refractivity contribution >= 4 is 28.4 Å². The van der Waals surface area contributed by atoms with E-state index in [0.29, 0.717) is 17.0 Å². The zero-order valence-corrected chi connectivity index (χ0v) is 19.7. The van der Waals surface area contributed by atoms with Gasteiger partial charge in [-0.2, -0.15) is 0 Å². The van der Waals surface area contributed by atoms with Crippen molar-refractivity contribution in [3.8, 4) is 11.1 Å². The SMILES string of the molecule is O=C(CCc1cccc(-c2c[nH]c3ncc(Cl)cc23)c1)c1cccn(Cc2ccc(F)c(F)c2)c1=O. The predicted molar refractivity (Wildman–Crippen MR) is 135 cm³/mol. The van der Waals surface area contributed by atoms with Crippen molar-refractivity contribution in [1.29, 1.82) is 0 Å². The number of ketones is 1. The average molecular weight is 504 g/mol. The van der Waals surface area contributed by atoms with E-state index in [9.17, 15) is 18.4 Å². The Balaban J connectivity index is 1.32. The van der Waals surface area contributed by atoms with Crippen LogP contribution in [0.15, 0.2) is 84.0 Å². The highest BCUT2D eigenvalue weighted by molar-refractivity contribution is 6.31. The third-order valence-electron chi connectivity index (χ3n) is 6.03. The molecule has 180 valence electrons. The van der Waals surface area contributed by atoms with Crippen LogP contribution in [0, 0.1) is 11.6 Å². The number of H-pyrrole nitrogens is 1. The molecule has 0 radical (unpaired) electrons. The number of hydrogen-bond donors (Lipinski definition) is 1. The van der Waals surface area contributed by atoms with E-state index in [1.807, 2.05) is 36.5 Å². The van der Waals surface area contributed by atoms with Gasteiger partial charge in [0.05, 0.1) is 17.1 Å². The molecule has 2 aromatic carbocycles. The molecule has 0 bridgehead atoms. The van der Waals surface area contributed by atoms with Crippen LogP contribution < -0.4 is 5.56 Å². The lowest BCUT2D eigenvalue weighted by Crippen LogP contribution is -2.26. The molecule has 5 nitrogen and oxygen atoms in total. The molecule has 0 fully saturated rings. The fourth-order valence-corrected chi connectivity index (χ4v) is 4.37. The van der Waals surface area contributed by atoms with Gasteiger partial charge in [0.2, 0.25) is 0 Å². The van der Waals surface area contributed by atoms with Gasteiger partial charge in [-0.15, -0.1) is 0 Å².